The zero-order valence-corrected chi connectivity index (χ0v) is 11.0. The minimum atomic E-state index is -0.166. The molecule has 0 aliphatic rings. The Hall–Kier alpha value is -1.63. The van der Waals surface area contributed by atoms with Crippen LogP contribution in [0, 0.1) is 5.82 Å². The average molecular weight is 242 g/mol. The molecule has 0 nitrogen and oxygen atoms in total. The van der Waals surface area contributed by atoms with Gasteiger partial charge in [-0.15, -0.1) is 0 Å². The number of hydrogen-bond acceptors (Lipinski definition) is 0. The summed E-state index contributed by atoms with van der Waals surface area (Å²) in [6.45, 7) is 4.51. The van der Waals surface area contributed by atoms with Crippen molar-refractivity contribution < 1.29 is 4.39 Å². The van der Waals surface area contributed by atoms with Crippen LogP contribution in [0.25, 0.3) is 0 Å². The zero-order chi connectivity index (χ0) is 13.0. The summed E-state index contributed by atoms with van der Waals surface area (Å²) in [5.74, 6) is -0.166. The third-order valence-corrected chi connectivity index (χ3v) is 3.51. The summed E-state index contributed by atoms with van der Waals surface area (Å²) in [5.41, 5.74) is 2.70. The van der Waals surface area contributed by atoms with Crippen molar-refractivity contribution in [3.8, 4) is 0 Å². The number of rotatable bonds is 4. The molecule has 0 aliphatic carbocycles. The monoisotopic (exact) mass is 242 g/mol. The maximum atomic E-state index is 12.8. The molecule has 94 valence electrons. The molecule has 0 bridgehead atoms. The van der Waals surface area contributed by atoms with Gasteiger partial charge in [-0.25, -0.2) is 4.39 Å². The zero-order valence-electron chi connectivity index (χ0n) is 11.0. The molecule has 0 aromatic heterocycles. The summed E-state index contributed by atoms with van der Waals surface area (Å²) in [6.07, 6.45) is 2.03. The van der Waals surface area contributed by atoms with Crippen molar-refractivity contribution in [3.63, 3.8) is 0 Å². The van der Waals surface area contributed by atoms with E-state index in [0.717, 1.165) is 12.8 Å². The number of hydrogen-bond donors (Lipinski definition) is 0. The molecule has 0 amide bonds. The van der Waals surface area contributed by atoms with Gasteiger partial charge in [-0.1, -0.05) is 56.3 Å². The van der Waals surface area contributed by atoms with Crippen LogP contribution in [0.4, 0.5) is 4.39 Å². The fourth-order valence-corrected chi connectivity index (χ4v) is 2.14. The van der Waals surface area contributed by atoms with Gasteiger partial charge in [0.05, 0.1) is 0 Å². The Labute approximate surface area is 108 Å². The molecule has 0 spiro atoms. The standard InChI is InChI=1S/C17H19F/c1-17(2,15-6-4-3-5-7-15)13-12-14-8-10-16(18)11-9-14/h3-11H,12-13H2,1-2H3. The van der Waals surface area contributed by atoms with E-state index in [1.54, 1.807) is 0 Å². The maximum absolute atomic E-state index is 12.8. The first-order valence-electron chi connectivity index (χ1n) is 6.38. The van der Waals surface area contributed by atoms with Gasteiger partial charge in [0.2, 0.25) is 0 Å². The van der Waals surface area contributed by atoms with Crippen molar-refractivity contribution in [2.24, 2.45) is 0 Å². The smallest absolute Gasteiger partial charge is 0.123 e. The third-order valence-electron chi connectivity index (χ3n) is 3.51. The van der Waals surface area contributed by atoms with Crippen LogP contribution in [0.2, 0.25) is 0 Å². The molecular weight excluding hydrogens is 223 g/mol. The molecule has 2 aromatic rings. The molecule has 1 heteroatoms. The summed E-state index contributed by atoms with van der Waals surface area (Å²) in [6, 6.07) is 17.3. The van der Waals surface area contributed by atoms with E-state index in [4.69, 9.17) is 0 Å². The van der Waals surface area contributed by atoms with Gasteiger partial charge in [-0.2, -0.15) is 0 Å². The minimum absolute atomic E-state index is 0.148. The van der Waals surface area contributed by atoms with Crippen molar-refractivity contribution in [1.82, 2.24) is 0 Å². The molecule has 0 radical (unpaired) electrons. The quantitative estimate of drug-likeness (QED) is 0.726. The molecular formula is C17H19F. The van der Waals surface area contributed by atoms with E-state index in [9.17, 15) is 4.39 Å². The lowest BCUT2D eigenvalue weighted by molar-refractivity contribution is 0.480. The van der Waals surface area contributed by atoms with Crippen molar-refractivity contribution >= 4 is 0 Å². The summed E-state index contributed by atoms with van der Waals surface area (Å²) in [5, 5.41) is 0. The lowest BCUT2D eigenvalue weighted by Crippen LogP contribution is -2.17. The van der Waals surface area contributed by atoms with Crippen LogP contribution < -0.4 is 0 Å². The molecule has 2 rings (SSSR count). The Morgan fingerprint density at radius 1 is 0.889 bits per heavy atom. The van der Waals surface area contributed by atoms with Gasteiger partial charge < -0.3 is 0 Å². The van der Waals surface area contributed by atoms with Gasteiger partial charge in [0.15, 0.2) is 0 Å². The highest BCUT2D eigenvalue weighted by Crippen LogP contribution is 2.28. The fraction of sp³-hybridized carbons (Fsp3) is 0.294. The second-order valence-corrected chi connectivity index (χ2v) is 5.38. The van der Waals surface area contributed by atoms with Gasteiger partial charge in [-0.05, 0) is 41.5 Å². The molecule has 0 unspecified atom stereocenters. The molecule has 0 saturated carbocycles. The molecule has 2 aromatic carbocycles. The van der Waals surface area contributed by atoms with Crippen LogP contribution in [0.15, 0.2) is 54.6 Å². The lowest BCUT2D eigenvalue weighted by atomic mass is 9.80. The van der Waals surface area contributed by atoms with Gasteiger partial charge in [-0.3, -0.25) is 0 Å². The Kier molecular flexibility index (Phi) is 3.81. The van der Waals surface area contributed by atoms with Crippen molar-refractivity contribution in [1.29, 1.82) is 0 Å². The summed E-state index contributed by atoms with van der Waals surface area (Å²) in [7, 11) is 0. The van der Waals surface area contributed by atoms with Crippen LogP contribution in [-0.2, 0) is 11.8 Å². The van der Waals surface area contributed by atoms with Crippen molar-refractivity contribution in [2.75, 3.05) is 0 Å². The molecule has 0 fully saturated rings. The average Bonchev–Trinajstić information content (AvgIpc) is 2.39. The molecule has 0 N–H and O–H groups in total. The second-order valence-electron chi connectivity index (χ2n) is 5.38. The topological polar surface area (TPSA) is 0 Å². The van der Waals surface area contributed by atoms with E-state index in [1.165, 1.54) is 23.3 Å². The highest BCUT2D eigenvalue weighted by atomic mass is 19.1. The van der Waals surface area contributed by atoms with Crippen LogP contribution in [-0.4, -0.2) is 0 Å². The van der Waals surface area contributed by atoms with Gasteiger partial charge in [0.25, 0.3) is 0 Å². The Morgan fingerprint density at radius 3 is 2.11 bits per heavy atom. The lowest BCUT2D eigenvalue weighted by Gasteiger charge is -2.25. The third kappa shape index (κ3) is 3.19. The first kappa shape index (κ1) is 12.8. The SMILES string of the molecule is CC(C)(CCc1ccc(F)cc1)c1ccccc1. The van der Waals surface area contributed by atoms with Crippen LogP contribution in [0.3, 0.4) is 0 Å². The number of benzene rings is 2. The van der Waals surface area contributed by atoms with Crippen LogP contribution >= 0.6 is 0 Å². The molecule has 0 heterocycles. The fourth-order valence-electron chi connectivity index (χ4n) is 2.14. The maximum Gasteiger partial charge on any atom is 0.123 e. The van der Waals surface area contributed by atoms with Crippen LogP contribution in [0.1, 0.15) is 31.4 Å². The van der Waals surface area contributed by atoms with E-state index in [1.807, 2.05) is 18.2 Å². The molecule has 0 aliphatic heterocycles. The highest BCUT2D eigenvalue weighted by molar-refractivity contribution is 5.24. The highest BCUT2D eigenvalue weighted by Gasteiger charge is 2.19. The van der Waals surface area contributed by atoms with E-state index in [2.05, 4.69) is 38.1 Å². The summed E-state index contributed by atoms with van der Waals surface area (Å²) in [4.78, 5) is 0. The predicted octanol–water partition coefficient (Wildman–Crippen LogP) is 4.74. The van der Waals surface area contributed by atoms with E-state index >= 15 is 0 Å². The first-order chi connectivity index (χ1) is 8.58. The van der Waals surface area contributed by atoms with Crippen molar-refractivity contribution in [3.05, 3.63) is 71.5 Å². The van der Waals surface area contributed by atoms with E-state index < -0.39 is 0 Å². The molecule has 0 atom stereocenters. The largest absolute Gasteiger partial charge is 0.207 e. The second kappa shape index (κ2) is 5.34. The number of halogens is 1. The Balaban J connectivity index is 2.03. The predicted molar refractivity (Wildman–Crippen MR) is 74.2 cm³/mol. The van der Waals surface area contributed by atoms with Crippen LogP contribution in [0.5, 0.6) is 0 Å². The molecule has 18 heavy (non-hydrogen) atoms. The minimum Gasteiger partial charge on any atom is -0.207 e. The van der Waals surface area contributed by atoms with Gasteiger partial charge >= 0.3 is 0 Å². The van der Waals surface area contributed by atoms with E-state index in [-0.39, 0.29) is 11.2 Å². The van der Waals surface area contributed by atoms with Gasteiger partial charge in [0, 0.05) is 0 Å². The Morgan fingerprint density at radius 2 is 1.50 bits per heavy atom. The van der Waals surface area contributed by atoms with Gasteiger partial charge in [0.1, 0.15) is 5.82 Å². The summed E-state index contributed by atoms with van der Waals surface area (Å²) < 4.78 is 12.8. The number of aryl methyl sites for hydroxylation is 1. The first-order valence-corrected chi connectivity index (χ1v) is 6.38. The van der Waals surface area contributed by atoms with E-state index in [0.29, 0.717) is 0 Å². The Bertz CT molecular complexity index is 483. The normalized spacial score (nSPS) is 11.5. The molecule has 0 saturated heterocycles. The summed E-state index contributed by atoms with van der Waals surface area (Å²) >= 11 is 0. The van der Waals surface area contributed by atoms with Crippen molar-refractivity contribution in [2.45, 2.75) is 32.1 Å².